The van der Waals surface area contributed by atoms with Gasteiger partial charge in [-0.1, -0.05) is 0 Å². The smallest absolute Gasteiger partial charge is 0.277 e. The Bertz CT molecular complexity index is 388. The summed E-state index contributed by atoms with van der Waals surface area (Å²) in [5.41, 5.74) is 0. The van der Waals surface area contributed by atoms with Gasteiger partial charge in [0.15, 0.2) is 13.2 Å². The highest BCUT2D eigenvalue weighted by Gasteiger charge is 2.64. The Morgan fingerprint density at radius 3 is 1.23 bits per heavy atom. The molecule has 0 saturated carbocycles. The summed E-state index contributed by atoms with van der Waals surface area (Å²) in [7, 11) is -6.54. The number of phosphoric ester groups is 1. The van der Waals surface area contributed by atoms with E-state index in [1.54, 1.807) is 0 Å². The Hall–Kier alpha value is -0.660. The van der Waals surface area contributed by atoms with Crippen molar-refractivity contribution in [3.05, 3.63) is 0 Å². The molecular formula is C6H4F11O4P. The number of phosphoric acid groups is 1. The summed E-state index contributed by atoms with van der Waals surface area (Å²) < 4.78 is 150. The van der Waals surface area contributed by atoms with Crippen LogP contribution in [0.15, 0.2) is 0 Å². The molecule has 0 fully saturated rings. The van der Waals surface area contributed by atoms with E-state index in [0.29, 0.717) is 0 Å². The van der Waals surface area contributed by atoms with Gasteiger partial charge in [0.25, 0.3) is 0 Å². The molecule has 0 aliphatic heterocycles. The number of rotatable bonds is 6. The van der Waals surface area contributed by atoms with Gasteiger partial charge in [-0.25, -0.2) is 9.09 Å². The summed E-state index contributed by atoms with van der Waals surface area (Å²) in [6.07, 6.45) is -23.8. The summed E-state index contributed by atoms with van der Waals surface area (Å²) in [5.74, 6) is 0. The third-order valence-corrected chi connectivity index (χ3v) is 2.67. The molecule has 0 unspecified atom stereocenters. The summed E-state index contributed by atoms with van der Waals surface area (Å²) in [6.45, 7) is -5.51. The fourth-order valence-corrected chi connectivity index (χ4v) is 1.76. The molecule has 0 rings (SSSR count). The fourth-order valence-electron chi connectivity index (χ4n) is 0.587. The molecule has 22 heavy (non-hydrogen) atoms. The summed E-state index contributed by atoms with van der Waals surface area (Å²) in [4.78, 5) is 0. The van der Waals surface area contributed by atoms with Crippen LogP contribution in [0.4, 0.5) is 48.3 Å². The SMILES string of the molecule is O=P(OCC(F)(F)F)(OCC(F)(F)F)OC(F)(F)C(F)(F)F. The molecule has 0 aliphatic rings. The Kier molecular flexibility index (Phi) is 6.26. The topological polar surface area (TPSA) is 44.8 Å². The van der Waals surface area contributed by atoms with Gasteiger partial charge in [0.2, 0.25) is 0 Å². The minimum atomic E-state index is -6.59. The number of halogens is 11. The van der Waals surface area contributed by atoms with Crippen molar-refractivity contribution in [1.29, 1.82) is 0 Å². The van der Waals surface area contributed by atoms with Crippen LogP contribution in [-0.2, 0) is 18.1 Å². The molecule has 0 aromatic rings. The van der Waals surface area contributed by atoms with Gasteiger partial charge in [-0.3, -0.25) is 9.05 Å². The Morgan fingerprint density at radius 1 is 0.682 bits per heavy atom. The first-order valence-corrected chi connectivity index (χ1v) is 6.01. The van der Waals surface area contributed by atoms with E-state index in [2.05, 4.69) is 13.6 Å². The summed E-state index contributed by atoms with van der Waals surface area (Å²) in [6, 6.07) is 0. The van der Waals surface area contributed by atoms with Crippen LogP contribution < -0.4 is 0 Å². The predicted octanol–water partition coefficient (Wildman–Crippen LogP) is 4.42. The third-order valence-electron chi connectivity index (χ3n) is 1.33. The highest BCUT2D eigenvalue weighted by molar-refractivity contribution is 7.48. The van der Waals surface area contributed by atoms with Crippen LogP contribution in [0.25, 0.3) is 0 Å². The molecular weight excluding hydrogens is 376 g/mol. The average molecular weight is 380 g/mol. The normalized spacial score (nSPS) is 15.2. The first-order chi connectivity index (χ1) is 9.37. The zero-order chi connectivity index (χ0) is 18.0. The lowest BCUT2D eigenvalue weighted by Crippen LogP contribution is -2.39. The standard InChI is InChI=1S/C6H4F11O4P/c7-3(8,9)1-19-22(18,20-2-4(10,11)12)21-6(16,17)5(13,14)15/h1-2H2. The van der Waals surface area contributed by atoms with Crippen LogP contribution in [0, 0.1) is 0 Å². The van der Waals surface area contributed by atoms with Gasteiger partial charge in [0.05, 0.1) is 0 Å². The highest BCUT2D eigenvalue weighted by atomic mass is 31.2. The molecule has 134 valence electrons. The van der Waals surface area contributed by atoms with Crippen molar-refractivity contribution >= 4 is 7.82 Å². The van der Waals surface area contributed by atoms with Crippen molar-refractivity contribution in [2.24, 2.45) is 0 Å². The lowest BCUT2D eigenvalue weighted by Gasteiger charge is -2.25. The van der Waals surface area contributed by atoms with Crippen LogP contribution in [0.2, 0.25) is 0 Å². The lowest BCUT2D eigenvalue weighted by atomic mass is 10.6. The second kappa shape index (κ2) is 6.45. The lowest BCUT2D eigenvalue weighted by molar-refractivity contribution is -0.366. The molecule has 0 heterocycles. The molecule has 4 nitrogen and oxygen atoms in total. The van der Waals surface area contributed by atoms with Crippen molar-refractivity contribution < 1.29 is 66.4 Å². The minimum absolute atomic E-state index is 2.43. The van der Waals surface area contributed by atoms with Crippen LogP contribution >= 0.6 is 7.82 Å². The van der Waals surface area contributed by atoms with Gasteiger partial charge in [-0.2, -0.15) is 48.3 Å². The van der Waals surface area contributed by atoms with Crippen LogP contribution in [0.3, 0.4) is 0 Å². The van der Waals surface area contributed by atoms with E-state index in [9.17, 15) is 52.9 Å². The fraction of sp³-hybridized carbons (Fsp3) is 1.00. The Morgan fingerprint density at radius 2 is 1.00 bits per heavy atom. The second-order valence-electron chi connectivity index (χ2n) is 3.33. The van der Waals surface area contributed by atoms with E-state index in [4.69, 9.17) is 0 Å². The molecule has 0 bridgehead atoms. The average Bonchev–Trinajstić information content (AvgIpc) is 2.20. The maximum absolute atomic E-state index is 12.4. The van der Waals surface area contributed by atoms with Crippen molar-refractivity contribution in [1.82, 2.24) is 0 Å². The van der Waals surface area contributed by atoms with E-state index in [0.717, 1.165) is 0 Å². The molecule has 16 heteroatoms. The second-order valence-corrected chi connectivity index (χ2v) is 4.92. The van der Waals surface area contributed by atoms with Gasteiger partial charge >= 0.3 is 32.5 Å². The quantitative estimate of drug-likeness (QED) is 0.506. The van der Waals surface area contributed by atoms with E-state index >= 15 is 0 Å². The van der Waals surface area contributed by atoms with Gasteiger partial charge in [0, 0.05) is 0 Å². The number of hydrogen-bond acceptors (Lipinski definition) is 4. The van der Waals surface area contributed by atoms with Crippen molar-refractivity contribution in [2.75, 3.05) is 13.2 Å². The van der Waals surface area contributed by atoms with E-state index in [1.165, 1.54) is 0 Å². The third kappa shape index (κ3) is 8.10. The molecule has 0 radical (unpaired) electrons. The van der Waals surface area contributed by atoms with Crippen molar-refractivity contribution in [3.8, 4) is 0 Å². The highest BCUT2D eigenvalue weighted by Crippen LogP contribution is 2.57. The molecule has 0 N–H and O–H groups in total. The molecule has 0 spiro atoms. The van der Waals surface area contributed by atoms with E-state index < -0.39 is 45.7 Å². The summed E-state index contributed by atoms with van der Waals surface area (Å²) in [5, 5.41) is 0. The zero-order valence-electron chi connectivity index (χ0n) is 9.65. The van der Waals surface area contributed by atoms with Gasteiger partial charge in [-0.05, 0) is 0 Å². The van der Waals surface area contributed by atoms with E-state index in [1.807, 2.05) is 0 Å². The Labute approximate surface area is 113 Å². The first kappa shape index (κ1) is 21.3. The zero-order valence-corrected chi connectivity index (χ0v) is 10.5. The van der Waals surface area contributed by atoms with Crippen molar-refractivity contribution in [2.45, 2.75) is 24.6 Å². The first-order valence-electron chi connectivity index (χ1n) is 4.55. The van der Waals surface area contributed by atoms with Crippen LogP contribution in [-0.4, -0.2) is 37.9 Å². The van der Waals surface area contributed by atoms with Crippen molar-refractivity contribution in [3.63, 3.8) is 0 Å². The molecule has 0 aromatic heterocycles. The molecule has 0 aliphatic carbocycles. The molecule has 0 saturated heterocycles. The van der Waals surface area contributed by atoms with Crippen LogP contribution in [0.1, 0.15) is 0 Å². The van der Waals surface area contributed by atoms with Crippen LogP contribution in [0.5, 0.6) is 0 Å². The molecule has 0 aromatic carbocycles. The monoisotopic (exact) mass is 380 g/mol. The van der Waals surface area contributed by atoms with E-state index in [-0.39, 0.29) is 0 Å². The predicted molar refractivity (Wildman–Crippen MR) is 43.7 cm³/mol. The van der Waals surface area contributed by atoms with Gasteiger partial charge < -0.3 is 0 Å². The molecule has 0 atom stereocenters. The number of alkyl halides is 11. The minimum Gasteiger partial charge on any atom is -0.277 e. The number of hydrogen-bond donors (Lipinski definition) is 0. The van der Waals surface area contributed by atoms with Gasteiger partial charge in [0.1, 0.15) is 0 Å². The maximum Gasteiger partial charge on any atom is 0.483 e. The molecule has 0 amide bonds. The maximum atomic E-state index is 12.4. The largest absolute Gasteiger partial charge is 0.483 e. The Balaban J connectivity index is 5.21. The summed E-state index contributed by atoms with van der Waals surface area (Å²) >= 11 is 0. The van der Waals surface area contributed by atoms with Gasteiger partial charge in [-0.15, -0.1) is 0 Å².